The Morgan fingerprint density at radius 1 is 0.935 bits per heavy atom. The van der Waals surface area contributed by atoms with E-state index in [9.17, 15) is 17.6 Å². The Morgan fingerprint density at radius 2 is 1.65 bits per heavy atom. The molecule has 0 fully saturated rings. The molecule has 0 aliphatic heterocycles. The number of ether oxygens (including phenoxy) is 2. The van der Waals surface area contributed by atoms with Gasteiger partial charge in [0.15, 0.2) is 0 Å². The summed E-state index contributed by atoms with van der Waals surface area (Å²) in [6, 6.07) is 15.9. The zero-order chi connectivity index (χ0) is 22.4. The zero-order valence-corrected chi connectivity index (χ0v) is 17.7. The first-order valence-corrected chi connectivity index (χ1v) is 10.7. The van der Waals surface area contributed by atoms with Gasteiger partial charge in [0.2, 0.25) is 15.7 Å². The fourth-order valence-corrected chi connectivity index (χ4v) is 4.33. The van der Waals surface area contributed by atoms with Crippen LogP contribution >= 0.6 is 0 Å². The van der Waals surface area contributed by atoms with Gasteiger partial charge in [0.05, 0.1) is 41.9 Å². The van der Waals surface area contributed by atoms with Gasteiger partial charge in [-0.15, -0.1) is 0 Å². The molecule has 0 spiro atoms. The number of hydrogen-bond acceptors (Lipinski definition) is 6. The highest BCUT2D eigenvalue weighted by Crippen LogP contribution is 2.30. The van der Waals surface area contributed by atoms with Gasteiger partial charge in [-0.3, -0.25) is 4.79 Å². The third kappa shape index (κ3) is 5.13. The van der Waals surface area contributed by atoms with Crippen LogP contribution in [0.3, 0.4) is 0 Å². The maximum absolute atomic E-state index is 13.8. The van der Waals surface area contributed by atoms with Crippen LogP contribution < -0.4 is 20.1 Å². The molecule has 0 aliphatic rings. The normalized spacial score (nSPS) is 10.9. The topological polar surface area (TPSA) is 93.7 Å². The van der Waals surface area contributed by atoms with Gasteiger partial charge in [-0.2, -0.15) is 0 Å². The van der Waals surface area contributed by atoms with Gasteiger partial charge in [-0.1, -0.05) is 18.2 Å². The van der Waals surface area contributed by atoms with Gasteiger partial charge in [-0.05, 0) is 42.5 Å². The van der Waals surface area contributed by atoms with E-state index < -0.39 is 21.6 Å². The van der Waals surface area contributed by atoms with E-state index in [-0.39, 0.29) is 22.0 Å². The molecule has 0 radical (unpaired) electrons. The number of rotatable bonds is 8. The van der Waals surface area contributed by atoms with E-state index in [2.05, 4.69) is 10.6 Å². The Kier molecular flexibility index (Phi) is 6.76. The highest BCUT2D eigenvalue weighted by atomic mass is 32.2. The van der Waals surface area contributed by atoms with Crippen LogP contribution in [-0.4, -0.2) is 35.1 Å². The fourth-order valence-electron chi connectivity index (χ4n) is 2.86. The maximum Gasteiger partial charge on any atom is 0.243 e. The zero-order valence-electron chi connectivity index (χ0n) is 16.9. The molecular formula is C22H21FN2O5S. The van der Waals surface area contributed by atoms with E-state index in [4.69, 9.17) is 9.47 Å². The summed E-state index contributed by atoms with van der Waals surface area (Å²) in [7, 11) is -1.01. The Hall–Kier alpha value is -3.59. The molecule has 3 aromatic rings. The highest BCUT2D eigenvalue weighted by molar-refractivity contribution is 7.91. The van der Waals surface area contributed by atoms with Gasteiger partial charge in [0.25, 0.3) is 0 Å². The predicted octanol–water partition coefficient (Wildman–Crippen LogP) is 3.73. The van der Waals surface area contributed by atoms with Gasteiger partial charge >= 0.3 is 0 Å². The van der Waals surface area contributed by atoms with Crippen molar-refractivity contribution < 1.29 is 27.1 Å². The standard InChI is InChI=1S/C22H21FN2O5S/c1-29-16-9-11-18(20(13-16)30-2)25-22(26)14-24-19-10-8-15(23)12-21(19)31(27,28)17-6-4-3-5-7-17/h3-13,24H,14H2,1-2H3,(H,25,26). The highest BCUT2D eigenvalue weighted by Gasteiger charge is 2.22. The van der Waals surface area contributed by atoms with Crippen LogP contribution in [-0.2, 0) is 14.6 Å². The van der Waals surface area contributed by atoms with Gasteiger partial charge in [0.1, 0.15) is 17.3 Å². The number of benzene rings is 3. The van der Waals surface area contributed by atoms with Crippen LogP contribution in [0.5, 0.6) is 11.5 Å². The number of methoxy groups -OCH3 is 2. The van der Waals surface area contributed by atoms with Crippen molar-refractivity contribution in [1.82, 2.24) is 0 Å². The van der Waals surface area contributed by atoms with Crippen molar-refractivity contribution in [3.63, 3.8) is 0 Å². The minimum Gasteiger partial charge on any atom is -0.497 e. The molecule has 0 saturated heterocycles. The molecule has 0 heterocycles. The molecule has 1 amide bonds. The number of amides is 1. The quantitative estimate of drug-likeness (QED) is 0.550. The van der Waals surface area contributed by atoms with Crippen LogP contribution in [0.4, 0.5) is 15.8 Å². The molecule has 3 aromatic carbocycles. The molecule has 9 heteroatoms. The Bertz CT molecular complexity index is 1180. The third-order valence-electron chi connectivity index (χ3n) is 4.41. The molecule has 31 heavy (non-hydrogen) atoms. The third-order valence-corrected chi connectivity index (χ3v) is 6.22. The van der Waals surface area contributed by atoms with Gasteiger partial charge < -0.3 is 20.1 Å². The Labute approximate surface area is 179 Å². The van der Waals surface area contributed by atoms with Crippen molar-refractivity contribution in [2.75, 3.05) is 31.4 Å². The summed E-state index contributed by atoms with van der Waals surface area (Å²) < 4.78 is 50.1. The molecule has 0 atom stereocenters. The average molecular weight is 444 g/mol. The predicted molar refractivity (Wildman–Crippen MR) is 115 cm³/mol. The smallest absolute Gasteiger partial charge is 0.243 e. The average Bonchev–Trinajstić information content (AvgIpc) is 2.79. The van der Waals surface area contributed by atoms with Crippen LogP contribution in [0.25, 0.3) is 0 Å². The molecule has 0 saturated carbocycles. The molecule has 162 valence electrons. The lowest BCUT2D eigenvalue weighted by Gasteiger charge is -2.14. The molecule has 0 bridgehead atoms. The number of carbonyl (C=O) groups is 1. The summed E-state index contributed by atoms with van der Waals surface area (Å²) in [6.07, 6.45) is 0. The lowest BCUT2D eigenvalue weighted by molar-refractivity contribution is -0.114. The maximum atomic E-state index is 13.8. The lowest BCUT2D eigenvalue weighted by Crippen LogP contribution is -2.23. The van der Waals surface area contributed by atoms with Crippen molar-refractivity contribution >= 4 is 27.1 Å². The summed E-state index contributed by atoms with van der Waals surface area (Å²) in [5.41, 5.74) is 0.536. The second-order valence-corrected chi connectivity index (χ2v) is 8.34. The molecule has 0 aromatic heterocycles. The minimum absolute atomic E-state index is 0.0241. The molecule has 0 unspecified atom stereocenters. The Balaban J connectivity index is 1.79. The SMILES string of the molecule is COc1ccc(NC(=O)CNc2ccc(F)cc2S(=O)(=O)c2ccccc2)c(OC)c1. The number of anilines is 2. The van der Waals surface area contributed by atoms with Crippen LogP contribution in [0.1, 0.15) is 0 Å². The van der Waals surface area contributed by atoms with Crippen LogP contribution in [0.15, 0.2) is 76.5 Å². The first-order valence-electron chi connectivity index (χ1n) is 9.20. The number of sulfone groups is 1. The van der Waals surface area contributed by atoms with E-state index in [1.54, 1.807) is 36.4 Å². The van der Waals surface area contributed by atoms with Crippen molar-refractivity contribution in [2.45, 2.75) is 9.79 Å². The second-order valence-electron chi connectivity index (χ2n) is 6.42. The molecular weight excluding hydrogens is 423 g/mol. The van der Waals surface area contributed by atoms with Crippen molar-refractivity contribution in [3.05, 3.63) is 72.5 Å². The summed E-state index contributed by atoms with van der Waals surface area (Å²) >= 11 is 0. The van der Waals surface area contributed by atoms with E-state index in [0.717, 1.165) is 12.1 Å². The Morgan fingerprint density at radius 3 is 2.32 bits per heavy atom. The summed E-state index contributed by atoms with van der Waals surface area (Å²) in [4.78, 5) is 12.2. The number of halogens is 1. The summed E-state index contributed by atoms with van der Waals surface area (Å²) in [6.45, 7) is -0.252. The van der Waals surface area contributed by atoms with Crippen LogP contribution in [0.2, 0.25) is 0 Å². The molecule has 7 nitrogen and oxygen atoms in total. The lowest BCUT2D eigenvalue weighted by atomic mass is 10.2. The van der Waals surface area contributed by atoms with E-state index >= 15 is 0 Å². The molecule has 0 aliphatic carbocycles. The summed E-state index contributed by atoms with van der Waals surface area (Å²) in [5.74, 6) is -0.180. The van der Waals surface area contributed by atoms with Crippen molar-refractivity contribution in [2.24, 2.45) is 0 Å². The minimum atomic E-state index is -3.99. The van der Waals surface area contributed by atoms with E-state index in [1.807, 2.05) is 0 Å². The van der Waals surface area contributed by atoms with E-state index in [0.29, 0.717) is 17.2 Å². The largest absolute Gasteiger partial charge is 0.497 e. The first kappa shape index (κ1) is 22.1. The second kappa shape index (κ2) is 9.48. The molecule has 3 rings (SSSR count). The van der Waals surface area contributed by atoms with E-state index in [1.165, 1.54) is 32.4 Å². The molecule has 2 N–H and O–H groups in total. The van der Waals surface area contributed by atoms with Gasteiger partial charge in [0, 0.05) is 6.07 Å². The first-order chi connectivity index (χ1) is 14.8. The number of hydrogen-bond donors (Lipinski definition) is 2. The number of nitrogens with one attached hydrogen (secondary N) is 2. The fraction of sp³-hybridized carbons (Fsp3) is 0.136. The number of carbonyl (C=O) groups excluding carboxylic acids is 1. The van der Waals surface area contributed by atoms with Crippen LogP contribution in [0, 0.1) is 5.82 Å². The van der Waals surface area contributed by atoms with Gasteiger partial charge in [-0.25, -0.2) is 12.8 Å². The monoisotopic (exact) mass is 444 g/mol. The van der Waals surface area contributed by atoms with Crippen molar-refractivity contribution in [1.29, 1.82) is 0 Å². The summed E-state index contributed by atoms with van der Waals surface area (Å²) in [5, 5.41) is 5.45. The van der Waals surface area contributed by atoms with Crippen molar-refractivity contribution in [3.8, 4) is 11.5 Å².